The first kappa shape index (κ1) is 15.8. The van der Waals surface area contributed by atoms with Gasteiger partial charge in [-0.25, -0.2) is 0 Å². The molecule has 0 spiro atoms. The van der Waals surface area contributed by atoms with E-state index in [4.69, 9.17) is 0 Å². The molecule has 4 nitrogen and oxygen atoms in total. The second-order valence-electron chi connectivity index (χ2n) is 3.52. The Balaban J connectivity index is 2.69. The molecule has 1 rings (SSSR count). The van der Waals surface area contributed by atoms with E-state index >= 15 is 0 Å². The molecular formula is C11H12BrF3N2O2. The lowest BCUT2D eigenvalue weighted by Gasteiger charge is -2.12. The highest BCUT2D eigenvalue weighted by atomic mass is 79.9. The Morgan fingerprint density at radius 2 is 2.11 bits per heavy atom. The minimum atomic E-state index is -4.75. The lowest BCUT2D eigenvalue weighted by Crippen LogP contribution is -2.27. The van der Waals surface area contributed by atoms with Crippen molar-refractivity contribution in [2.75, 3.05) is 18.4 Å². The molecule has 1 aromatic carbocycles. The molecule has 0 bridgehead atoms. The van der Waals surface area contributed by atoms with Gasteiger partial charge in [0.05, 0.1) is 11.0 Å². The fourth-order valence-corrected chi connectivity index (χ4v) is 1.69. The average molecular weight is 341 g/mol. The molecule has 0 saturated carbocycles. The van der Waals surface area contributed by atoms with Gasteiger partial charge in [-0.3, -0.25) is 4.79 Å². The second-order valence-corrected chi connectivity index (χ2v) is 4.38. The van der Waals surface area contributed by atoms with Crippen LogP contribution in [0.3, 0.4) is 0 Å². The van der Waals surface area contributed by atoms with Crippen LogP contribution in [0.1, 0.15) is 6.92 Å². The highest BCUT2D eigenvalue weighted by Gasteiger charge is 2.31. The Morgan fingerprint density at radius 1 is 1.42 bits per heavy atom. The van der Waals surface area contributed by atoms with Gasteiger partial charge in [-0.05, 0) is 40.7 Å². The minimum Gasteiger partial charge on any atom is -0.405 e. The SMILES string of the molecule is CCNCC(=O)Nc1ccc(OC(F)(F)F)c(Br)c1. The second kappa shape index (κ2) is 6.76. The standard InChI is InChI=1S/C11H12BrF3N2O2/c1-2-16-6-10(18)17-7-3-4-9(8(12)5-7)19-11(13,14)15/h3-5,16H,2,6H2,1H3,(H,17,18). The molecule has 0 heterocycles. The first-order valence-corrected chi connectivity index (χ1v) is 6.17. The van der Waals surface area contributed by atoms with E-state index in [1.54, 1.807) is 0 Å². The molecular weight excluding hydrogens is 329 g/mol. The maximum atomic E-state index is 12.1. The lowest BCUT2D eigenvalue weighted by molar-refractivity contribution is -0.274. The molecule has 0 aromatic heterocycles. The van der Waals surface area contributed by atoms with Gasteiger partial charge in [0.15, 0.2) is 0 Å². The van der Waals surface area contributed by atoms with Crippen molar-refractivity contribution in [3.63, 3.8) is 0 Å². The first-order valence-electron chi connectivity index (χ1n) is 5.37. The number of rotatable bonds is 5. The van der Waals surface area contributed by atoms with E-state index in [0.717, 1.165) is 6.07 Å². The fraction of sp³-hybridized carbons (Fsp3) is 0.364. The maximum Gasteiger partial charge on any atom is 0.573 e. The molecule has 1 aromatic rings. The number of carbonyl (C=O) groups is 1. The summed E-state index contributed by atoms with van der Waals surface area (Å²) in [6, 6.07) is 3.79. The van der Waals surface area contributed by atoms with E-state index in [0.29, 0.717) is 12.2 Å². The largest absolute Gasteiger partial charge is 0.573 e. The van der Waals surface area contributed by atoms with Crippen LogP contribution in [0.4, 0.5) is 18.9 Å². The number of hydrogen-bond acceptors (Lipinski definition) is 3. The Bertz CT molecular complexity index is 452. The molecule has 0 aliphatic rings. The summed E-state index contributed by atoms with van der Waals surface area (Å²) in [6.07, 6.45) is -4.75. The van der Waals surface area contributed by atoms with Crippen LogP contribution in [-0.4, -0.2) is 25.4 Å². The smallest absolute Gasteiger partial charge is 0.405 e. The molecule has 106 valence electrons. The predicted octanol–water partition coefficient (Wildman–Crippen LogP) is 2.90. The number of hydrogen-bond donors (Lipinski definition) is 2. The topological polar surface area (TPSA) is 50.4 Å². The summed E-state index contributed by atoms with van der Waals surface area (Å²) in [4.78, 5) is 11.4. The van der Waals surface area contributed by atoms with Crippen molar-refractivity contribution in [2.45, 2.75) is 13.3 Å². The molecule has 8 heteroatoms. The van der Waals surface area contributed by atoms with Gasteiger partial charge in [0, 0.05) is 5.69 Å². The van der Waals surface area contributed by atoms with Crippen molar-refractivity contribution < 1.29 is 22.7 Å². The Labute approximate surface area is 116 Å². The van der Waals surface area contributed by atoms with Gasteiger partial charge in [-0.1, -0.05) is 6.92 Å². The fourth-order valence-electron chi connectivity index (χ4n) is 1.23. The highest BCUT2D eigenvalue weighted by molar-refractivity contribution is 9.10. The van der Waals surface area contributed by atoms with E-state index < -0.39 is 6.36 Å². The Kier molecular flexibility index (Phi) is 5.61. The molecule has 2 N–H and O–H groups in total. The van der Waals surface area contributed by atoms with Crippen molar-refractivity contribution >= 4 is 27.5 Å². The number of halogens is 4. The molecule has 1 amide bonds. The minimum absolute atomic E-state index is 0.103. The van der Waals surface area contributed by atoms with E-state index in [9.17, 15) is 18.0 Å². The average Bonchev–Trinajstić information content (AvgIpc) is 2.28. The van der Waals surface area contributed by atoms with Crippen LogP contribution in [0.25, 0.3) is 0 Å². The number of nitrogens with one attached hydrogen (secondary N) is 2. The van der Waals surface area contributed by atoms with Gasteiger partial charge < -0.3 is 15.4 Å². The third-order valence-electron chi connectivity index (χ3n) is 1.98. The van der Waals surface area contributed by atoms with Gasteiger partial charge in [0.1, 0.15) is 5.75 Å². The van der Waals surface area contributed by atoms with Crippen molar-refractivity contribution in [1.29, 1.82) is 0 Å². The van der Waals surface area contributed by atoms with Crippen LogP contribution in [0.5, 0.6) is 5.75 Å². The summed E-state index contributed by atoms with van der Waals surface area (Å²) in [6.45, 7) is 2.64. The Hall–Kier alpha value is -1.28. The maximum absolute atomic E-state index is 12.1. The number of carbonyl (C=O) groups excluding carboxylic acids is 1. The van der Waals surface area contributed by atoms with E-state index in [1.807, 2.05) is 6.92 Å². The number of benzene rings is 1. The molecule has 0 saturated heterocycles. The predicted molar refractivity (Wildman–Crippen MR) is 68.0 cm³/mol. The Morgan fingerprint density at radius 3 is 2.63 bits per heavy atom. The van der Waals surface area contributed by atoms with Gasteiger partial charge in [-0.15, -0.1) is 13.2 Å². The zero-order valence-corrected chi connectivity index (χ0v) is 11.6. The lowest BCUT2D eigenvalue weighted by atomic mass is 10.3. The number of alkyl halides is 3. The molecule has 0 aliphatic carbocycles. The zero-order valence-electron chi connectivity index (χ0n) is 9.97. The molecule has 0 atom stereocenters. The highest BCUT2D eigenvalue weighted by Crippen LogP contribution is 2.32. The molecule has 0 aliphatic heterocycles. The number of likely N-dealkylation sites (N-methyl/N-ethyl adjacent to an activating group) is 1. The molecule has 19 heavy (non-hydrogen) atoms. The summed E-state index contributed by atoms with van der Waals surface area (Å²) in [5, 5.41) is 5.37. The summed E-state index contributed by atoms with van der Waals surface area (Å²) >= 11 is 2.95. The summed E-state index contributed by atoms with van der Waals surface area (Å²) < 4.78 is 40.0. The van der Waals surface area contributed by atoms with E-state index in [1.165, 1.54) is 12.1 Å². The monoisotopic (exact) mass is 340 g/mol. The van der Waals surface area contributed by atoms with Crippen LogP contribution < -0.4 is 15.4 Å². The zero-order chi connectivity index (χ0) is 14.5. The quantitative estimate of drug-likeness (QED) is 0.866. The van der Waals surface area contributed by atoms with Crippen molar-refractivity contribution in [2.24, 2.45) is 0 Å². The van der Waals surface area contributed by atoms with Crippen LogP contribution in [0.2, 0.25) is 0 Å². The van der Waals surface area contributed by atoms with Gasteiger partial charge in [0.2, 0.25) is 5.91 Å². The molecule has 0 radical (unpaired) electrons. The summed E-state index contributed by atoms with van der Waals surface area (Å²) in [5.74, 6) is -0.643. The third-order valence-corrected chi connectivity index (χ3v) is 2.60. The molecule has 0 unspecified atom stereocenters. The van der Waals surface area contributed by atoms with Crippen molar-refractivity contribution in [3.8, 4) is 5.75 Å². The van der Waals surface area contributed by atoms with Crippen LogP contribution >= 0.6 is 15.9 Å². The van der Waals surface area contributed by atoms with Crippen LogP contribution in [0, 0.1) is 0 Å². The third kappa shape index (κ3) is 5.93. The first-order chi connectivity index (χ1) is 8.81. The van der Waals surface area contributed by atoms with Crippen LogP contribution in [-0.2, 0) is 4.79 Å². The number of ether oxygens (including phenoxy) is 1. The number of amides is 1. The van der Waals surface area contributed by atoms with Crippen molar-refractivity contribution in [3.05, 3.63) is 22.7 Å². The van der Waals surface area contributed by atoms with Gasteiger partial charge >= 0.3 is 6.36 Å². The number of anilines is 1. The van der Waals surface area contributed by atoms with E-state index in [2.05, 4.69) is 31.3 Å². The van der Waals surface area contributed by atoms with Crippen molar-refractivity contribution in [1.82, 2.24) is 5.32 Å². The van der Waals surface area contributed by atoms with Crippen LogP contribution in [0.15, 0.2) is 22.7 Å². The van der Waals surface area contributed by atoms with Gasteiger partial charge in [0.25, 0.3) is 0 Å². The normalized spacial score (nSPS) is 11.2. The summed E-state index contributed by atoms with van der Waals surface area (Å²) in [7, 11) is 0. The van der Waals surface area contributed by atoms with E-state index in [-0.39, 0.29) is 22.7 Å². The molecule has 0 fully saturated rings. The summed E-state index contributed by atoms with van der Waals surface area (Å²) in [5.41, 5.74) is 0.379. The van der Waals surface area contributed by atoms with Gasteiger partial charge in [-0.2, -0.15) is 0 Å².